The molecule has 0 atom stereocenters. The summed E-state index contributed by atoms with van der Waals surface area (Å²) in [4.78, 5) is 16.6. The fourth-order valence-corrected chi connectivity index (χ4v) is 1.98. The Balaban J connectivity index is 2.21. The summed E-state index contributed by atoms with van der Waals surface area (Å²) >= 11 is 7.33. The van der Waals surface area contributed by atoms with Gasteiger partial charge in [-0.2, -0.15) is 0 Å². The number of rotatable bonds is 5. The van der Waals surface area contributed by atoms with E-state index in [1.54, 1.807) is 0 Å². The van der Waals surface area contributed by atoms with E-state index in [-0.39, 0.29) is 11.5 Å². The molecule has 0 heterocycles. The first kappa shape index (κ1) is 15.3. The fourth-order valence-electron chi connectivity index (χ4n) is 1.08. The summed E-state index contributed by atoms with van der Waals surface area (Å²) in [5, 5.41) is 0.722. The van der Waals surface area contributed by atoms with Crippen molar-refractivity contribution in [3.8, 4) is 0 Å². The predicted octanol–water partition coefficient (Wildman–Crippen LogP) is 3.42. The van der Waals surface area contributed by atoms with Crippen molar-refractivity contribution in [2.45, 2.75) is 32.1 Å². The van der Waals surface area contributed by atoms with E-state index in [9.17, 15) is 4.79 Å². The van der Waals surface area contributed by atoms with Crippen LogP contribution in [0.15, 0.2) is 24.3 Å². The van der Waals surface area contributed by atoms with Crippen molar-refractivity contribution >= 4 is 29.3 Å². The lowest BCUT2D eigenvalue weighted by molar-refractivity contribution is -0.142. The fraction of sp³-hybridized carbons (Fsp3) is 0.462. The maximum atomic E-state index is 11.5. The maximum Gasteiger partial charge on any atom is 0.253 e. The Morgan fingerprint density at radius 3 is 2.50 bits per heavy atom. The van der Waals surface area contributed by atoms with Gasteiger partial charge in [0.2, 0.25) is 0 Å². The zero-order chi connectivity index (χ0) is 13.6. The summed E-state index contributed by atoms with van der Waals surface area (Å²) in [6.45, 7) is 5.65. The van der Waals surface area contributed by atoms with Crippen LogP contribution in [0.5, 0.6) is 0 Å². The third-order valence-electron chi connectivity index (χ3n) is 1.89. The molecular formula is C13H18ClNO2S. The minimum Gasteiger partial charge on any atom is -0.272 e. The van der Waals surface area contributed by atoms with Crippen LogP contribution in [0.3, 0.4) is 0 Å². The molecule has 0 radical (unpaired) electrons. The zero-order valence-corrected chi connectivity index (χ0v) is 12.4. The molecule has 0 aliphatic heterocycles. The average Bonchev–Trinajstić information content (AvgIpc) is 2.28. The number of carbonyl (C=O) groups is 1. The highest BCUT2D eigenvalue weighted by Gasteiger charge is 2.12. The third-order valence-corrected chi connectivity index (χ3v) is 3.14. The average molecular weight is 288 g/mol. The molecule has 0 fully saturated rings. The molecule has 0 aliphatic rings. The van der Waals surface area contributed by atoms with E-state index in [0.717, 1.165) is 16.3 Å². The molecule has 18 heavy (non-hydrogen) atoms. The van der Waals surface area contributed by atoms with Crippen molar-refractivity contribution < 1.29 is 9.63 Å². The van der Waals surface area contributed by atoms with Gasteiger partial charge in [0.05, 0.1) is 11.4 Å². The smallest absolute Gasteiger partial charge is 0.253 e. The van der Waals surface area contributed by atoms with E-state index >= 15 is 0 Å². The van der Waals surface area contributed by atoms with Gasteiger partial charge in [0.15, 0.2) is 0 Å². The number of amides is 1. The quantitative estimate of drug-likeness (QED) is 0.843. The Labute approximate surface area is 117 Å². The standard InChI is InChI=1S/C13H18ClNO2S/c1-13(2,3)17-15-12(16)9-18-8-10-4-6-11(14)7-5-10/h4-7H,8-9H2,1-3H3,(H,15,16). The van der Waals surface area contributed by atoms with Crippen molar-refractivity contribution in [2.24, 2.45) is 0 Å². The minimum absolute atomic E-state index is 0.121. The number of hydrogen-bond acceptors (Lipinski definition) is 3. The van der Waals surface area contributed by atoms with Crippen LogP contribution in [0, 0.1) is 0 Å². The van der Waals surface area contributed by atoms with E-state index in [2.05, 4.69) is 5.48 Å². The van der Waals surface area contributed by atoms with Crippen LogP contribution >= 0.6 is 23.4 Å². The Morgan fingerprint density at radius 1 is 1.33 bits per heavy atom. The van der Waals surface area contributed by atoms with Crippen LogP contribution < -0.4 is 5.48 Å². The summed E-state index contributed by atoms with van der Waals surface area (Å²) in [6, 6.07) is 7.61. The van der Waals surface area contributed by atoms with Gasteiger partial charge in [0.25, 0.3) is 5.91 Å². The number of nitrogens with one attached hydrogen (secondary N) is 1. The number of halogens is 1. The van der Waals surface area contributed by atoms with E-state index in [0.29, 0.717) is 5.75 Å². The van der Waals surface area contributed by atoms with Gasteiger partial charge >= 0.3 is 0 Å². The lowest BCUT2D eigenvalue weighted by atomic mass is 10.2. The number of thioether (sulfide) groups is 1. The molecular weight excluding hydrogens is 270 g/mol. The summed E-state index contributed by atoms with van der Waals surface area (Å²) in [6.07, 6.45) is 0. The highest BCUT2D eigenvalue weighted by atomic mass is 35.5. The van der Waals surface area contributed by atoms with Crippen LogP contribution in [-0.2, 0) is 15.4 Å². The van der Waals surface area contributed by atoms with Crippen molar-refractivity contribution in [3.63, 3.8) is 0 Å². The molecule has 1 rings (SSSR count). The Hall–Kier alpha value is -0.710. The van der Waals surface area contributed by atoms with Crippen molar-refractivity contribution in [2.75, 3.05) is 5.75 Å². The molecule has 0 spiro atoms. The highest BCUT2D eigenvalue weighted by molar-refractivity contribution is 7.99. The van der Waals surface area contributed by atoms with Gasteiger partial charge in [0, 0.05) is 10.8 Å². The molecule has 1 amide bonds. The molecule has 3 nitrogen and oxygen atoms in total. The lowest BCUT2D eigenvalue weighted by Gasteiger charge is -2.18. The summed E-state index contributed by atoms with van der Waals surface area (Å²) in [5.74, 6) is 1.03. The second-order valence-corrected chi connectivity index (χ2v) is 6.28. The van der Waals surface area contributed by atoms with Gasteiger partial charge in [0.1, 0.15) is 0 Å². The molecule has 0 aliphatic carbocycles. The molecule has 1 N–H and O–H groups in total. The van der Waals surface area contributed by atoms with Gasteiger partial charge in [-0.15, -0.1) is 11.8 Å². The predicted molar refractivity (Wildman–Crippen MR) is 76.6 cm³/mol. The number of hydrogen-bond donors (Lipinski definition) is 1. The summed E-state index contributed by atoms with van der Waals surface area (Å²) in [5.41, 5.74) is 3.22. The van der Waals surface area contributed by atoms with Crippen LogP contribution in [0.25, 0.3) is 0 Å². The van der Waals surface area contributed by atoms with Crippen LogP contribution in [-0.4, -0.2) is 17.3 Å². The Bertz CT molecular complexity index is 387. The highest BCUT2D eigenvalue weighted by Crippen LogP contribution is 2.15. The van der Waals surface area contributed by atoms with Crippen LogP contribution in [0.4, 0.5) is 0 Å². The molecule has 0 saturated carbocycles. The SMILES string of the molecule is CC(C)(C)ONC(=O)CSCc1ccc(Cl)cc1. The van der Waals surface area contributed by atoms with E-state index < -0.39 is 0 Å². The first-order valence-electron chi connectivity index (χ1n) is 5.66. The summed E-state index contributed by atoms with van der Waals surface area (Å²) < 4.78 is 0. The van der Waals surface area contributed by atoms with Crippen molar-refractivity contribution in [1.29, 1.82) is 0 Å². The number of hydroxylamine groups is 1. The van der Waals surface area contributed by atoms with Gasteiger partial charge < -0.3 is 0 Å². The second kappa shape index (κ2) is 7.02. The topological polar surface area (TPSA) is 38.3 Å². The third kappa shape index (κ3) is 6.89. The Morgan fingerprint density at radius 2 is 1.94 bits per heavy atom. The largest absolute Gasteiger partial charge is 0.272 e. The van der Waals surface area contributed by atoms with E-state index in [1.165, 1.54) is 11.8 Å². The van der Waals surface area contributed by atoms with Crippen LogP contribution in [0.1, 0.15) is 26.3 Å². The van der Waals surface area contributed by atoms with Gasteiger partial charge in [-0.1, -0.05) is 23.7 Å². The first-order chi connectivity index (χ1) is 8.37. The van der Waals surface area contributed by atoms with Gasteiger partial charge in [-0.25, -0.2) is 5.48 Å². The van der Waals surface area contributed by atoms with Gasteiger partial charge in [-0.05, 0) is 38.5 Å². The number of benzene rings is 1. The van der Waals surface area contributed by atoms with Gasteiger partial charge in [-0.3, -0.25) is 9.63 Å². The monoisotopic (exact) mass is 287 g/mol. The minimum atomic E-state index is -0.365. The first-order valence-corrected chi connectivity index (χ1v) is 7.19. The summed E-state index contributed by atoms with van der Waals surface area (Å²) in [7, 11) is 0. The molecule has 100 valence electrons. The van der Waals surface area contributed by atoms with Crippen molar-refractivity contribution in [1.82, 2.24) is 5.48 Å². The molecule has 1 aromatic carbocycles. The van der Waals surface area contributed by atoms with E-state index in [4.69, 9.17) is 16.4 Å². The molecule has 5 heteroatoms. The normalized spacial score (nSPS) is 11.3. The molecule has 0 bridgehead atoms. The Kier molecular flexibility index (Phi) is 5.99. The second-order valence-electron chi connectivity index (χ2n) is 4.86. The molecule has 0 unspecified atom stereocenters. The van der Waals surface area contributed by atoms with Crippen LogP contribution in [0.2, 0.25) is 5.02 Å². The molecule has 0 saturated heterocycles. The maximum absolute atomic E-state index is 11.5. The lowest BCUT2D eigenvalue weighted by Crippen LogP contribution is -2.34. The van der Waals surface area contributed by atoms with E-state index in [1.807, 2.05) is 45.0 Å². The zero-order valence-electron chi connectivity index (χ0n) is 10.8. The molecule has 0 aromatic heterocycles. The molecule has 1 aromatic rings. The van der Waals surface area contributed by atoms with Crippen molar-refractivity contribution in [3.05, 3.63) is 34.9 Å². The number of carbonyl (C=O) groups excluding carboxylic acids is 1.